The van der Waals surface area contributed by atoms with Gasteiger partial charge < -0.3 is 28.8 Å². The van der Waals surface area contributed by atoms with Gasteiger partial charge in [0.1, 0.15) is 24.1 Å². The van der Waals surface area contributed by atoms with Crippen LogP contribution in [0.4, 0.5) is 10.2 Å². The summed E-state index contributed by atoms with van der Waals surface area (Å²) in [5.41, 5.74) is 2.02. The van der Waals surface area contributed by atoms with Crippen LogP contribution in [-0.2, 0) is 24.4 Å². The number of ether oxygens (including phenoxy) is 2. The van der Waals surface area contributed by atoms with Crippen LogP contribution in [0.2, 0.25) is 5.02 Å². The van der Waals surface area contributed by atoms with Gasteiger partial charge >= 0.3 is 6.01 Å². The molecule has 2 aromatic carbocycles. The van der Waals surface area contributed by atoms with E-state index in [0.717, 1.165) is 42.2 Å². The molecular weight excluding hydrogens is 563 g/mol. The van der Waals surface area contributed by atoms with Gasteiger partial charge in [-0.15, -0.1) is 0 Å². The smallest absolute Gasteiger partial charge is 0.318 e. The number of halogens is 2. The van der Waals surface area contributed by atoms with Gasteiger partial charge in [-0.25, -0.2) is 14.4 Å². The van der Waals surface area contributed by atoms with Gasteiger partial charge in [-0.05, 0) is 56.2 Å². The van der Waals surface area contributed by atoms with Crippen molar-refractivity contribution in [2.45, 2.75) is 58.2 Å². The summed E-state index contributed by atoms with van der Waals surface area (Å²) in [5.74, 6) is -0.0409. The van der Waals surface area contributed by atoms with Gasteiger partial charge in [0.05, 0.1) is 36.2 Å². The Balaban J connectivity index is 1.17. The highest BCUT2D eigenvalue weighted by atomic mass is 35.5. The molecule has 2 saturated heterocycles. The minimum Gasteiger partial charge on any atom is -0.545 e. The van der Waals surface area contributed by atoms with E-state index >= 15 is 0 Å². The van der Waals surface area contributed by atoms with Crippen molar-refractivity contribution in [2.24, 2.45) is 0 Å². The van der Waals surface area contributed by atoms with E-state index < -0.39 is 11.8 Å². The number of carbonyl (C=O) groups is 1. The molecule has 3 atom stereocenters. The third-order valence-electron chi connectivity index (χ3n) is 7.99. The highest BCUT2D eigenvalue weighted by molar-refractivity contribution is 6.30. The summed E-state index contributed by atoms with van der Waals surface area (Å²) in [5, 5.41) is 11.9. The Bertz CT molecular complexity index is 1610. The molecule has 0 amide bonds. The molecule has 220 valence electrons. The van der Waals surface area contributed by atoms with Gasteiger partial charge in [-0.1, -0.05) is 23.7 Å². The van der Waals surface area contributed by atoms with E-state index in [4.69, 9.17) is 26.1 Å². The molecule has 6 rings (SSSR count). The first-order valence-corrected chi connectivity index (χ1v) is 14.4. The number of benzene rings is 2. The quantitative estimate of drug-likeness (QED) is 0.288. The van der Waals surface area contributed by atoms with E-state index in [1.807, 2.05) is 6.07 Å². The number of aromatic carboxylic acids is 1. The Hall–Kier alpha value is -3.80. The van der Waals surface area contributed by atoms with Gasteiger partial charge in [0.2, 0.25) is 0 Å². The molecule has 10 nitrogen and oxygen atoms in total. The van der Waals surface area contributed by atoms with Crippen LogP contribution in [0.1, 0.15) is 42.0 Å². The minimum absolute atomic E-state index is 0.0104. The number of rotatable bonds is 9. The molecule has 0 spiro atoms. The van der Waals surface area contributed by atoms with Crippen molar-refractivity contribution in [3.05, 3.63) is 76.5 Å². The van der Waals surface area contributed by atoms with Crippen LogP contribution in [0.5, 0.6) is 6.01 Å². The topological polar surface area (TPSA) is 109 Å². The van der Waals surface area contributed by atoms with Gasteiger partial charge in [0, 0.05) is 48.6 Å². The van der Waals surface area contributed by atoms with Crippen LogP contribution in [0, 0.1) is 5.82 Å². The molecule has 2 fully saturated rings. The highest BCUT2D eigenvalue weighted by Gasteiger charge is 2.32. The van der Waals surface area contributed by atoms with Crippen LogP contribution in [0.25, 0.3) is 11.0 Å². The third kappa shape index (κ3) is 5.90. The number of carboxylic acid groups (broad SMARTS) is 1. The van der Waals surface area contributed by atoms with Crippen molar-refractivity contribution in [1.29, 1.82) is 0 Å². The second-order valence-corrected chi connectivity index (χ2v) is 11.3. The molecule has 0 bridgehead atoms. The molecule has 4 heterocycles. The van der Waals surface area contributed by atoms with E-state index in [2.05, 4.69) is 38.2 Å². The summed E-state index contributed by atoms with van der Waals surface area (Å²) < 4.78 is 27.7. The van der Waals surface area contributed by atoms with Gasteiger partial charge in [0.15, 0.2) is 0 Å². The van der Waals surface area contributed by atoms with E-state index in [1.54, 1.807) is 30.5 Å². The lowest BCUT2D eigenvalue weighted by Gasteiger charge is -2.44. The first-order chi connectivity index (χ1) is 20.2. The average Bonchev–Trinajstić information content (AvgIpc) is 3.28. The van der Waals surface area contributed by atoms with E-state index in [-0.39, 0.29) is 36.4 Å². The molecule has 2 aliphatic heterocycles. The van der Waals surface area contributed by atoms with Crippen LogP contribution in [-0.4, -0.2) is 68.3 Å². The third-order valence-corrected chi connectivity index (χ3v) is 8.22. The van der Waals surface area contributed by atoms with Crippen molar-refractivity contribution >= 4 is 34.4 Å². The maximum Gasteiger partial charge on any atom is 0.318 e. The second-order valence-electron chi connectivity index (χ2n) is 10.9. The van der Waals surface area contributed by atoms with Gasteiger partial charge in [-0.3, -0.25) is 4.90 Å². The van der Waals surface area contributed by atoms with Crippen molar-refractivity contribution < 1.29 is 23.8 Å². The lowest BCUT2D eigenvalue weighted by molar-refractivity contribution is -0.255. The van der Waals surface area contributed by atoms with Crippen molar-refractivity contribution in [2.75, 3.05) is 24.6 Å². The van der Waals surface area contributed by atoms with Gasteiger partial charge in [-0.2, -0.15) is 4.98 Å². The first kappa shape index (κ1) is 28.3. The minimum atomic E-state index is -1.21. The summed E-state index contributed by atoms with van der Waals surface area (Å²) in [6.07, 6.45) is 2.70. The zero-order chi connectivity index (χ0) is 29.4. The van der Waals surface area contributed by atoms with Crippen LogP contribution < -0.4 is 14.7 Å². The van der Waals surface area contributed by atoms with Crippen LogP contribution in [0.3, 0.4) is 0 Å². The summed E-state index contributed by atoms with van der Waals surface area (Å²) >= 11 is 5.85. The fraction of sp³-hybridized carbons (Fsp3) is 0.400. The molecule has 0 N–H and O–H groups in total. The number of hydrogen-bond donors (Lipinski definition) is 0. The lowest BCUT2D eigenvalue weighted by Crippen LogP contribution is -2.56. The number of aromatic nitrogens is 4. The number of fused-ring (bicyclic) bond motifs is 1. The molecule has 4 aromatic rings. The number of hydrogen-bond acceptors (Lipinski definition) is 9. The van der Waals surface area contributed by atoms with Crippen molar-refractivity contribution in [3.63, 3.8) is 0 Å². The molecule has 42 heavy (non-hydrogen) atoms. The summed E-state index contributed by atoms with van der Waals surface area (Å²) in [6.45, 7) is 7.72. The molecule has 0 saturated carbocycles. The fourth-order valence-electron chi connectivity index (χ4n) is 5.52. The Morgan fingerprint density at radius 2 is 1.98 bits per heavy atom. The van der Waals surface area contributed by atoms with Crippen LogP contribution in [0.15, 0.2) is 48.7 Å². The zero-order valence-electron chi connectivity index (χ0n) is 23.4. The Labute approximate surface area is 247 Å². The Morgan fingerprint density at radius 3 is 2.71 bits per heavy atom. The molecule has 12 heteroatoms. The number of anilines is 1. The number of carbonyl (C=O) groups excluding carboxylic acids is 1. The highest BCUT2D eigenvalue weighted by Crippen LogP contribution is 2.27. The van der Waals surface area contributed by atoms with Crippen LogP contribution >= 0.6 is 11.6 Å². The maximum absolute atomic E-state index is 14.2. The van der Waals surface area contributed by atoms with Gasteiger partial charge in [0.25, 0.3) is 0 Å². The summed E-state index contributed by atoms with van der Waals surface area (Å²) in [4.78, 5) is 29.8. The van der Waals surface area contributed by atoms with E-state index in [1.165, 1.54) is 12.1 Å². The Kier molecular flexibility index (Phi) is 7.98. The van der Waals surface area contributed by atoms with E-state index in [9.17, 15) is 14.3 Å². The summed E-state index contributed by atoms with van der Waals surface area (Å²) in [6, 6.07) is 11.7. The monoisotopic (exact) mass is 593 g/mol. The molecule has 2 aromatic heterocycles. The molecule has 2 aliphatic rings. The Morgan fingerprint density at radius 1 is 1.14 bits per heavy atom. The van der Waals surface area contributed by atoms with E-state index in [0.29, 0.717) is 30.2 Å². The van der Waals surface area contributed by atoms with Crippen molar-refractivity contribution in [3.8, 4) is 6.01 Å². The zero-order valence-corrected chi connectivity index (χ0v) is 24.1. The second kappa shape index (κ2) is 11.8. The van der Waals surface area contributed by atoms with Crippen molar-refractivity contribution in [1.82, 2.24) is 24.4 Å². The number of piperazine rings is 1. The first-order valence-electron chi connectivity index (χ1n) is 14.0. The molecule has 0 unspecified atom stereocenters. The normalized spacial score (nSPS) is 21.0. The average molecular weight is 594 g/mol. The standard InChI is InChI=1S/C30H32ClFN6O4/c1-18-14-37(27-7-9-33-30(35-27)42-17-21-3-5-22(31)12-24(21)32)19(2)13-36(18)16-28-34-25-6-4-20(29(39)40)11-26(25)38(28)15-23-8-10-41-23/h3-7,9,11-12,18-19,23H,8,10,13-17H2,1-2H3,(H,39,40)/p-1/t18-,19+,23-/m0/s1. The number of nitrogens with zero attached hydrogens (tertiary/aromatic N) is 6. The largest absolute Gasteiger partial charge is 0.545 e. The molecular formula is C30H31ClFN6O4-. The number of carboxylic acids is 1. The maximum atomic E-state index is 14.2. The molecule has 0 aliphatic carbocycles. The lowest BCUT2D eigenvalue weighted by atomic mass is 10.1. The number of imidazole rings is 1. The predicted octanol–water partition coefficient (Wildman–Crippen LogP) is 3.45. The summed E-state index contributed by atoms with van der Waals surface area (Å²) in [7, 11) is 0. The predicted molar refractivity (Wildman–Crippen MR) is 153 cm³/mol. The molecule has 0 radical (unpaired) electrons. The fourth-order valence-corrected chi connectivity index (χ4v) is 5.68. The SMILES string of the molecule is C[C@@H]1CN(Cc2nc3ccc(C(=O)[O-])cc3n2C[C@@H]2CCO2)[C@@H](C)CN1c1ccnc(OCc2ccc(Cl)cc2F)n1.